The van der Waals surface area contributed by atoms with Crippen LogP contribution in [0.3, 0.4) is 0 Å². The predicted molar refractivity (Wildman–Crippen MR) is 103 cm³/mol. The zero-order chi connectivity index (χ0) is 20.1. The molecule has 8 heteroatoms. The molecule has 2 heterocycles. The SMILES string of the molecule is CC(Oc1cccc(Cl)c1)C(=O)OCC(=O)c1c[nH]c(C(=O)N2CCCC2)c1. The van der Waals surface area contributed by atoms with Crippen LogP contribution in [0.4, 0.5) is 0 Å². The van der Waals surface area contributed by atoms with Crippen LogP contribution in [0.2, 0.25) is 5.02 Å². The van der Waals surface area contributed by atoms with Gasteiger partial charge in [0.25, 0.3) is 5.91 Å². The number of nitrogens with zero attached hydrogens (tertiary/aromatic N) is 1. The molecule has 3 rings (SSSR count). The molecule has 1 amide bonds. The number of halogens is 1. The molecule has 0 bridgehead atoms. The average Bonchev–Trinajstić information content (AvgIpc) is 3.37. The number of benzene rings is 1. The van der Waals surface area contributed by atoms with Crippen molar-refractivity contribution in [2.75, 3.05) is 19.7 Å². The molecule has 0 radical (unpaired) electrons. The molecule has 148 valence electrons. The number of likely N-dealkylation sites (tertiary alicyclic amines) is 1. The quantitative estimate of drug-likeness (QED) is 0.565. The number of carbonyl (C=O) groups excluding carboxylic acids is 3. The fourth-order valence-electron chi connectivity index (χ4n) is 2.90. The first kappa shape index (κ1) is 19.9. The third-order valence-corrected chi connectivity index (χ3v) is 4.65. The highest BCUT2D eigenvalue weighted by molar-refractivity contribution is 6.30. The maximum absolute atomic E-state index is 12.3. The monoisotopic (exact) mass is 404 g/mol. The van der Waals surface area contributed by atoms with Crippen molar-refractivity contribution in [1.29, 1.82) is 0 Å². The van der Waals surface area contributed by atoms with Gasteiger partial charge in [-0.05, 0) is 44.0 Å². The number of hydrogen-bond acceptors (Lipinski definition) is 5. The number of aromatic nitrogens is 1. The van der Waals surface area contributed by atoms with Gasteiger partial charge in [0.2, 0.25) is 5.78 Å². The number of rotatable bonds is 7. The van der Waals surface area contributed by atoms with Crippen molar-refractivity contribution in [3.05, 3.63) is 52.8 Å². The summed E-state index contributed by atoms with van der Waals surface area (Å²) in [4.78, 5) is 41.2. The van der Waals surface area contributed by atoms with Gasteiger partial charge in [-0.15, -0.1) is 0 Å². The van der Waals surface area contributed by atoms with Crippen molar-refractivity contribution in [2.24, 2.45) is 0 Å². The number of Topliss-reactive ketones (excluding diaryl/α,β-unsaturated/α-hetero) is 1. The summed E-state index contributed by atoms with van der Waals surface area (Å²) in [6.45, 7) is 2.54. The van der Waals surface area contributed by atoms with Crippen molar-refractivity contribution in [2.45, 2.75) is 25.9 Å². The molecule has 1 aliphatic rings. The molecule has 7 nitrogen and oxygen atoms in total. The van der Waals surface area contributed by atoms with E-state index in [0.717, 1.165) is 25.9 Å². The zero-order valence-corrected chi connectivity index (χ0v) is 16.2. The van der Waals surface area contributed by atoms with Crippen LogP contribution in [0.15, 0.2) is 36.5 Å². The minimum atomic E-state index is -0.898. The number of H-pyrrole nitrogens is 1. The summed E-state index contributed by atoms with van der Waals surface area (Å²) in [7, 11) is 0. The summed E-state index contributed by atoms with van der Waals surface area (Å²) in [6, 6.07) is 8.12. The Bertz CT molecular complexity index is 873. The fourth-order valence-corrected chi connectivity index (χ4v) is 3.08. The normalized spacial score (nSPS) is 14.6. The molecule has 0 aliphatic carbocycles. The maximum Gasteiger partial charge on any atom is 0.347 e. The topological polar surface area (TPSA) is 88.7 Å². The van der Waals surface area contributed by atoms with E-state index in [4.69, 9.17) is 21.1 Å². The number of ketones is 1. The highest BCUT2D eigenvalue weighted by Gasteiger charge is 2.23. The molecule has 1 unspecified atom stereocenters. The summed E-state index contributed by atoms with van der Waals surface area (Å²) in [5, 5.41) is 0.486. The molecule has 1 aromatic carbocycles. The van der Waals surface area contributed by atoms with Gasteiger partial charge in [-0.25, -0.2) is 4.79 Å². The van der Waals surface area contributed by atoms with Gasteiger partial charge < -0.3 is 19.4 Å². The molecule has 1 atom stereocenters. The first-order chi connectivity index (χ1) is 13.4. The number of esters is 1. The summed E-state index contributed by atoms with van der Waals surface area (Å²) in [6.07, 6.45) is 2.53. The summed E-state index contributed by atoms with van der Waals surface area (Å²) >= 11 is 5.87. The van der Waals surface area contributed by atoms with E-state index in [1.807, 2.05) is 0 Å². The van der Waals surface area contributed by atoms with Crippen LogP contribution in [0.5, 0.6) is 5.75 Å². The minimum Gasteiger partial charge on any atom is -0.479 e. The molecule has 0 saturated carbocycles. The van der Waals surface area contributed by atoms with E-state index >= 15 is 0 Å². The van der Waals surface area contributed by atoms with Crippen molar-refractivity contribution >= 4 is 29.3 Å². The number of aromatic amines is 1. The Morgan fingerprint density at radius 1 is 1.21 bits per heavy atom. The smallest absolute Gasteiger partial charge is 0.347 e. The Kier molecular flexibility index (Phi) is 6.36. The molecule has 1 N–H and O–H groups in total. The van der Waals surface area contributed by atoms with Crippen LogP contribution in [-0.4, -0.2) is 53.3 Å². The van der Waals surface area contributed by atoms with E-state index in [1.165, 1.54) is 19.2 Å². The van der Waals surface area contributed by atoms with E-state index < -0.39 is 24.5 Å². The van der Waals surface area contributed by atoms with Crippen LogP contribution in [0.1, 0.15) is 40.6 Å². The van der Waals surface area contributed by atoms with Gasteiger partial charge in [-0.2, -0.15) is 0 Å². The second-order valence-electron chi connectivity index (χ2n) is 6.55. The van der Waals surface area contributed by atoms with E-state index in [9.17, 15) is 14.4 Å². The lowest BCUT2D eigenvalue weighted by Gasteiger charge is -2.14. The highest BCUT2D eigenvalue weighted by atomic mass is 35.5. The second kappa shape index (κ2) is 8.93. The Morgan fingerprint density at radius 2 is 1.96 bits per heavy atom. The van der Waals surface area contributed by atoms with Crippen LogP contribution < -0.4 is 4.74 Å². The lowest BCUT2D eigenvalue weighted by molar-refractivity contribution is -0.149. The van der Waals surface area contributed by atoms with Crippen molar-refractivity contribution in [1.82, 2.24) is 9.88 Å². The second-order valence-corrected chi connectivity index (χ2v) is 6.99. The molecule has 1 saturated heterocycles. The Balaban J connectivity index is 1.50. The van der Waals surface area contributed by atoms with Crippen LogP contribution in [-0.2, 0) is 9.53 Å². The van der Waals surface area contributed by atoms with Gasteiger partial charge in [0, 0.05) is 29.9 Å². The highest BCUT2D eigenvalue weighted by Crippen LogP contribution is 2.19. The minimum absolute atomic E-state index is 0.128. The largest absolute Gasteiger partial charge is 0.479 e. The zero-order valence-electron chi connectivity index (χ0n) is 15.4. The van der Waals surface area contributed by atoms with Gasteiger partial charge in [0.15, 0.2) is 12.7 Å². The number of ether oxygens (including phenoxy) is 2. The van der Waals surface area contributed by atoms with Crippen molar-refractivity contribution in [3.8, 4) is 5.75 Å². The number of nitrogens with one attached hydrogen (secondary N) is 1. The lowest BCUT2D eigenvalue weighted by Crippen LogP contribution is -2.28. The van der Waals surface area contributed by atoms with E-state index in [-0.39, 0.29) is 5.91 Å². The van der Waals surface area contributed by atoms with Gasteiger partial charge in [0.05, 0.1) is 0 Å². The standard InChI is InChI=1S/C20H21ClN2O5/c1-13(28-16-6-4-5-15(21)10-16)20(26)27-12-18(24)14-9-17(22-11-14)19(25)23-7-2-3-8-23/h4-6,9-11,13,22H,2-3,7-8,12H2,1H3. The molecule has 1 fully saturated rings. The molecular weight excluding hydrogens is 384 g/mol. The predicted octanol–water partition coefficient (Wildman–Crippen LogP) is 3.10. The molecular formula is C20H21ClN2O5. The summed E-state index contributed by atoms with van der Waals surface area (Å²) < 4.78 is 10.5. The van der Waals surface area contributed by atoms with Crippen LogP contribution in [0.25, 0.3) is 0 Å². The van der Waals surface area contributed by atoms with E-state index in [1.54, 1.807) is 29.2 Å². The first-order valence-electron chi connectivity index (χ1n) is 9.04. The summed E-state index contributed by atoms with van der Waals surface area (Å²) in [5.74, 6) is -0.770. The maximum atomic E-state index is 12.3. The van der Waals surface area contributed by atoms with Gasteiger partial charge >= 0.3 is 5.97 Å². The lowest BCUT2D eigenvalue weighted by atomic mass is 10.2. The number of amides is 1. The Morgan fingerprint density at radius 3 is 2.68 bits per heavy atom. The first-order valence-corrected chi connectivity index (χ1v) is 9.41. The Labute approximate surface area is 167 Å². The van der Waals surface area contributed by atoms with Crippen LogP contribution >= 0.6 is 11.6 Å². The molecule has 1 aliphatic heterocycles. The fraction of sp³-hybridized carbons (Fsp3) is 0.350. The van der Waals surface area contributed by atoms with Crippen molar-refractivity contribution < 1.29 is 23.9 Å². The van der Waals surface area contributed by atoms with Gasteiger partial charge in [-0.1, -0.05) is 17.7 Å². The third-order valence-electron chi connectivity index (χ3n) is 4.42. The third kappa shape index (κ3) is 4.92. The molecule has 28 heavy (non-hydrogen) atoms. The van der Waals surface area contributed by atoms with Gasteiger partial charge in [-0.3, -0.25) is 9.59 Å². The number of carbonyl (C=O) groups is 3. The van der Waals surface area contributed by atoms with E-state index in [0.29, 0.717) is 22.0 Å². The van der Waals surface area contributed by atoms with Crippen LogP contribution in [0, 0.1) is 0 Å². The Hall–Kier alpha value is -2.80. The average molecular weight is 405 g/mol. The van der Waals surface area contributed by atoms with E-state index in [2.05, 4.69) is 4.98 Å². The summed E-state index contributed by atoms with van der Waals surface area (Å²) in [5.41, 5.74) is 0.646. The molecule has 1 aromatic heterocycles. The molecule has 2 aromatic rings. The van der Waals surface area contributed by atoms with Gasteiger partial charge in [0.1, 0.15) is 11.4 Å². The molecule has 0 spiro atoms. The van der Waals surface area contributed by atoms with Crippen molar-refractivity contribution in [3.63, 3.8) is 0 Å². The number of hydrogen-bond donors (Lipinski definition) is 1.